The summed E-state index contributed by atoms with van der Waals surface area (Å²) in [6.07, 6.45) is 3.47. The zero-order valence-corrected chi connectivity index (χ0v) is 8.08. The third kappa shape index (κ3) is 2.44. The molecular weight excluding hydrogens is 152 g/mol. The van der Waals surface area contributed by atoms with Crippen molar-refractivity contribution in [1.82, 2.24) is 10.2 Å². The fourth-order valence-corrected chi connectivity index (χ4v) is 1.93. The van der Waals surface area contributed by atoms with Gasteiger partial charge in [-0.05, 0) is 33.5 Å². The summed E-state index contributed by atoms with van der Waals surface area (Å²) in [5.74, 6) is 0. The van der Waals surface area contributed by atoms with Gasteiger partial charge >= 0.3 is 0 Å². The summed E-state index contributed by atoms with van der Waals surface area (Å²) in [7, 11) is 3.98. The second-order valence-corrected chi connectivity index (χ2v) is 3.67. The maximum absolute atomic E-state index is 9.74. The topological polar surface area (TPSA) is 35.5 Å². The molecule has 1 rings (SSSR count). The van der Waals surface area contributed by atoms with Crippen LogP contribution in [0.5, 0.6) is 0 Å². The third-order valence-electron chi connectivity index (χ3n) is 2.68. The van der Waals surface area contributed by atoms with Gasteiger partial charge in [-0.25, -0.2) is 0 Å². The number of rotatable bonds is 3. The van der Waals surface area contributed by atoms with E-state index in [1.807, 2.05) is 7.05 Å². The molecule has 0 spiro atoms. The van der Waals surface area contributed by atoms with E-state index in [9.17, 15) is 5.11 Å². The molecule has 0 radical (unpaired) electrons. The maximum Gasteiger partial charge on any atom is 0.0819 e. The summed E-state index contributed by atoms with van der Waals surface area (Å²) >= 11 is 0. The molecule has 3 nitrogen and oxygen atoms in total. The van der Waals surface area contributed by atoms with Crippen LogP contribution in [0.3, 0.4) is 0 Å². The highest BCUT2D eigenvalue weighted by atomic mass is 16.3. The maximum atomic E-state index is 9.74. The molecule has 0 bridgehead atoms. The molecule has 0 amide bonds. The van der Waals surface area contributed by atoms with Crippen molar-refractivity contribution < 1.29 is 5.11 Å². The minimum atomic E-state index is -0.208. The second-order valence-electron chi connectivity index (χ2n) is 3.67. The Morgan fingerprint density at radius 3 is 2.92 bits per heavy atom. The van der Waals surface area contributed by atoms with Crippen molar-refractivity contribution in [3.63, 3.8) is 0 Å². The van der Waals surface area contributed by atoms with Gasteiger partial charge in [0.15, 0.2) is 0 Å². The van der Waals surface area contributed by atoms with Gasteiger partial charge in [0.1, 0.15) is 0 Å². The van der Waals surface area contributed by atoms with E-state index in [2.05, 4.69) is 17.3 Å². The predicted molar refractivity (Wildman–Crippen MR) is 50.2 cm³/mol. The normalized spacial score (nSPS) is 28.8. The van der Waals surface area contributed by atoms with E-state index in [1.54, 1.807) is 0 Å². The first-order valence-electron chi connectivity index (χ1n) is 4.78. The van der Waals surface area contributed by atoms with Crippen LogP contribution in [0.1, 0.15) is 19.3 Å². The summed E-state index contributed by atoms with van der Waals surface area (Å²) in [6.45, 7) is 1.83. The van der Waals surface area contributed by atoms with Gasteiger partial charge in [0.05, 0.1) is 6.10 Å². The van der Waals surface area contributed by atoms with Gasteiger partial charge in [0.25, 0.3) is 0 Å². The zero-order chi connectivity index (χ0) is 8.97. The van der Waals surface area contributed by atoms with Gasteiger partial charge in [-0.1, -0.05) is 6.42 Å². The molecule has 1 aliphatic heterocycles. The van der Waals surface area contributed by atoms with Gasteiger partial charge in [-0.15, -0.1) is 0 Å². The number of piperidine rings is 1. The molecule has 0 aromatic carbocycles. The highest BCUT2D eigenvalue weighted by Gasteiger charge is 2.25. The molecule has 3 heteroatoms. The molecule has 2 unspecified atom stereocenters. The van der Waals surface area contributed by atoms with Crippen molar-refractivity contribution in [2.24, 2.45) is 0 Å². The Morgan fingerprint density at radius 1 is 1.58 bits per heavy atom. The average molecular weight is 172 g/mol. The van der Waals surface area contributed by atoms with Crippen LogP contribution in [-0.4, -0.2) is 49.3 Å². The first-order valence-corrected chi connectivity index (χ1v) is 4.78. The number of likely N-dealkylation sites (tertiary alicyclic amines) is 1. The van der Waals surface area contributed by atoms with Crippen LogP contribution in [0.15, 0.2) is 0 Å². The van der Waals surface area contributed by atoms with Crippen molar-refractivity contribution in [1.29, 1.82) is 0 Å². The largest absolute Gasteiger partial charge is 0.390 e. The van der Waals surface area contributed by atoms with Crippen molar-refractivity contribution in [2.75, 3.05) is 27.2 Å². The number of likely N-dealkylation sites (N-methyl/N-ethyl adjacent to an activating group) is 2. The van der Waals surface area contributed by atoms with Crippen molar-refractivity contribution in [3.8, 4) is 0 Å². The molecule has 2 N–H and O–H groups in total. The third-order valence-corrected chi connectivity index (χ3v) is 2.68. The summed E-state index contributed by atoms with van der Waals surface area (Å²) in [5.41, 5.74) is 0. The van der Waals surface area contributed by atoms with E-state index >= 15 is 0 Å². The highest BCUT2D eigenvalue weighted by molar-refractivity contribution is 4.81. The standard InChI is InChI=1S/C9H20N2O/c1-10-7-9(12)8-5-3-4-6-11(8)2/h8-10,12H,3-7H2,1-2H3. The van der Waals surface area contributed by atoms with Gasteiger partial charge in [0.2, 0.25) is 0 Å². The monoisotopic (exact) mass is 172 g/mol. The first-order chi connectivity index (χ1) is 5.75. The van der Waals surface area contributed by atoms with E-state index in [-0.39, 0.29) is 6.10 Å². The smallest absolute Gasteiger partial charge is 0.0819 e. The number of aliphatic hydroxyl groups is 1. The van der Waals surface area contributed by atoms with Crippen LogP contribution < -0.4 is 5.32 Å². The highest BCUT2D eigenvalue weighted by Crippen LogP contribution is 2.17. The Labute approximate surface area is 74.8 Å². The molecule has 2 atom stereocenters. The molecule has 1 heterocycles. The van der Waals surface area contributed by atoms with E-state index in [1.165, 1.54) is 12.8 Å². The fraction of sp³-hybridized carbons (Fsp3) is 1.00. The molecule has 12 heavy (non-hydrogen) atoms. The minimum Gasteiger partial charge on any atom is -0.390 e. The van der Waals surface area contributed by atoms with Crippen LogP contribution in [0, 0.1) is 0 Å². The molecule has 1 aliphatic rings. The lowest BCUT2D eigenvalue weighted by Crippen LogP contribution is -2.47. The molecule has 0 saturated carbocycles. The lowest BCUT2D eigenvalue weighted by molar-refractivity contribution is 0.0425. The molecule has 72 valence electrons. The Hall–Kier alpha value is -0.120. The van der Waals surface area contributed by atoms with Crippen molar-refractivity contribution in [2.45, 2.75) is 31.4 Å². The molecule has 1 fully saturated rings. The molecular formula is C9H20N2O. The van der Waals surface area contributed by atoms with E-state index in [0.717, 1.165) is 13.0 Å². The van der Waals surface area contributed by atoms with Crippen molar-refractivity contribution >= 4 is 0 Å². The van der Waals surface area contributed by atoms with Crippen LogP contribution in [-0.2, 0) is 0 Å². The lowest BCUT2D eigenvalue weighted by Gasteiger charge is -2.35. The summed E-state index contributed by atoms with van der Waals surface area (Å²) in [6, 6.07) is 0.367. The van der Waals surface area contributed by atoms with Gasteiger partial charge < -0.3 is 15.3 Å². The number of hydrogen-bond donors (Lipinski definition) is 2. The van der Waals surface area contributed by atoms with Crippen LogP contribution in [0.4, 0.5) is 0 Å². The molecule has 1 saturated heterocycles. The Kier molecular flexibility index (Phi) is 3.98. The first kappa shape index (κ1) is 9.96. The quantitative estimate of drug-likeness (QED) is 0.631. The molecule has 0 aromatic rings. The fourth-order valence-electron chi connectivity index (χ4n) is 1.93. The Balaban J connectivity index is 2.36. The number of nitrogens with one attached hydrogen (secondary N) is 1. The van der Waals surface area contributed by atoms with E-state index in [0.29, 0.717) is 12.6 Å². The van der Waals surface area contributed by atoms with E-state index < -0.39 is 0 Å². The second kappa shape index (κ2) is 4.80. The zero-order valence-electron chi connectivity index (χ0n) is 8.08. The summed E-state index contributed by atoms with van der Waals surface area (Å²) in [5, 5.41) is 12.7. The predicted octanol–water partition coefficient (Wildman–Crippen LogP) is 0.0510. The van der Waals surface area contributed by atoms with Gasteiger partial charge in [-0.3, -0.25) is 0 Å². The molecule has 0 aliphatic carbocycles. The SMILES string of the molecule is CNCC(O)C1CCCCN1C. The average Bonchev–Trinajstić information content (AvgIpc) is 2.05. The lowest BCUT2D eigenvalue weighted by atomic mass is 9.98. The summed E-state index contributed by atoms with van der Waals surface area (Å²) in [4.78, 5) is 2.27. The van der Waals surface area contributed by atoms with Crippen LogP contribution in [0.2, 0.25) is 0 Å². The van der Waals surface area contributed by atoms with Gasteiger partial charge in [0, 0.05) is 12.6 Å². The minimum absolute atomic E-state index is 0.208. The summed E-state index contributed by atoms with van der Waals surface area (Å²) < 4.78 is 0. The van der Waals surface area contributed by atoms with Crippen molar-refractivity contribution in [3.05, 3.63) is 0 Å². The van der Waals surface area contributed by atoms with Crippen LogP contribution in [0.25, 0.3) is 0 Å². The number of nitrogens with zero attached hydrogens (tertiary/aromatic N) is 1. The number of hydrogen-bond acceptors (Lipinski definition) is 3. The molecule has 0 aromatic heterocycles. The van der Waals surface area contributed by atoms with E-state index in [4.69, 9.17) is 0 Å². The Bertz CT molecular complexity index is 130. The number of aliphatic hydroxyl groups excluding tert-OH is 1. The van der Waals surface area contributed by atoms with Gasteiger partial charge in [-0.2, -0.15) is 0 Å². The Morgan fingerprint density at radius 2 is 2.33 bits per heavy atom. The van der Waals surface area contributed by atoms with Crippen LogP contribution >= 0.6 is 0 Å².